The van der Waals surface area contributed by atoms with E-state index in [4.69, 9.17) is 0 Å². The lowest BCUT2D eigenvalue weighted by molar-refractivity contribution is 0.210. The quantitative estimate of drug-likeness (QED) is 0.866. The fraction of sp³-hybridized carbons (Fsp3) is 0.588. The fourth-order valence-corrected chi connectivity index (χ4v) is 2.76. The minimum atomic E-state index is 0.0184. The van der Waals surface area contributed by atoms with Gasteiger partial charge in [0, 0.05) is 24.3 Å². The van der Waals surface area contributed by atoms with Gasteiger partial charge in [-0.05, 0) is 57.4 Å². The molecule has 1 aromatic carbocycles. The number of amides is 2. The van der Waals surface area contributed by atoms with Crippen molar-refractivity contribution in [1.82, 2.24) is 10.2 Å². The van der Waals surface area contributed by atoms with Crippen molar-refractivity contribution in [3.63, 3.8) is 0 Å². The Morgan fingerprint density at radius 3 is 2.67 bits per heavy atom. The van der Waals surface area contributed by atoms with Crippen molar-refractivity contribution in [1.29, 1.82) is 0 Å². The zero-order chi connectivity index (χ0) is 15.2. The molecule has 116 valence electrons. The number of hydrogen-bond donors (Lipinski definition) is 2. The molecule has 0 radical (unpaired) electrons. The third kappa shape index (κ3) is 4.21. The van der Waals surface area contributed by atoms with E-state index in [9.17, 15) is 4.79 Å². The van der Waals surface area contributed by atoms with Gasteiger partial charge in [-0.25, -0.2) is 4.79 Å². The van der Waals surface area contributed by atoms with E-state index in [-0.39, 0.29) is 6.03 Å². The highest BCUT2D eigenvalue weighted by Crippen LogP contribution is 2.20. The first-order valence-corrected chi connectivity index (χ1v) is 8.02. The van der Waals surface area contributed by atoms with Gasteiger partial charge in [0.2, 0.25) is 0 Å². The van der Waals surface area contributed by atoms with Gasteiger partial charge in [0.15, 0.2) is 0 Å². The van der Waals surface area contributed by atoms with Crippen LogP contribution in [-0.2, 0) is 0 Å². The molecule has 1 aliphatic heterocycles. The van der Waals surface area contributed by atoms with Crippen LogP contribution in [0.3, 0.4) is 0 Å². The molecule has 2 unspecified atom stereocenters. The van der Waals surface area contributed by atoms with Crippen molar-refractivity contribution in [3.05, 3.63) is 29.8 Å². The molecule has 0 aliphatic carbocycles. The van der Waals surface area contributed by atoms with E-state index >= 15 is 0 Å². The van der Waals surface area contributed by atoms with Gasteiger partial charge in [0.05, 0.1) is 0 Å². The lowest BCUT2D eigenvalue weighted by Gasteiger charge is -2.22. The number of carbonyl (C=O) groups is 1. The summed E-state index contributed by atoms with van der Waals surface area (Å²) in [4.78, 5) is 14.1. The maximum atomic E-state index is 12.2. The molecule has 2 amide bonds. The topological polar surface area (TPSA) is 44.4 Å². The molecule has 0 spiro atoms. The molecular formula is C17H27N3O. The maximum absolute atomic E-state index is 12.2. The first-order valence-electron chi connectivity index (χ1n) is 8.02. The van der Waals surface area contributed by atoms with Crippen LogP contribution in [0.4, 0.5) is 10.5 Å². The zero-order valence-corrected chi connectivity index (χ0v) is 13.4. The van der Waals surface area contributed by atoms with Crippen LogP contribution in [0.1, 0.15) is 51.6 Å². The van der Waals surface area contributed by atoms with Crippen LogP contribution in [-0.4, -0.2) is 30.1 Å². The Hall–Kier alpha value is -1.55. The van der Waals surface area contributed by atoms with Gasteiger partial charge in [0.25, 0.3) is 0 Å². The van der Waals surface area contributed by atoms with Crippen molar-refractivity contribution in [2.75, 3.05) is 18.4 Å². The second kappa shape index (κ2) is 7.46. The molecule has 0 saturated carbocycles. The van der Waals surface area contributed by atoms with Crippen LogP contribution >= 0.6 is 0 Å². The Balaban J connectivity index is 1.91. The Bertz CT molecular complexity index is 458. The molecule has 4 heteroatoms. The molecule has 1 heterocycles. The van der Waals surface area contributed by atoms with Gasteiger partial charge in [-0.3, -0.25) is 0 Å². The summed E-state index contributed by atoms with van der Waals surface area (Å²) in [5, 5.41) is 6.45. The van der Waals surface area contributed by atoms with Gasteiger partial charge >= 0.3 is 6.03 Å². The standard InChI is InChI=1S/C17H27N3O/c1-4-11-18-14(3)15-7-9-16(10-8-15)19-17(21)20-12-5-6-13(20)2/h7-10,13-14,18H,4-6,11-12H2,1-3H3,(H,19,21). The summed E-state index contributed by atoms with van der Waals surface area (Å²) in [6.07, 6.45) is 3.34. The zero-order valence-electron chi connectivity index (χ0n) is 13.4. The van der Waals surface area contributed by atoms with E-state index in [0.717, 1.165) is 38.0 Å². The first kappa shape index (κ1) is 15.8. The van der Waals surface area contributed by atoms with Crippen LogP contribution in [0, 0.1) is 0 Å². The molecule has 1 saturated heterocycles. The number of nitrogens with zero attached hydrogens (tertiary/aromatic N) is 1. The number of anilines is 1. The van der Waals surface area contributed by atoms with Gasteiger partial charge in [-0.2, -0.15) is 0 Å². The third-order valence-electron chi connectivity index (χ3n) is 4.18. The SMILES string of the molecule is CCCNC(C)c1ccc(NC(=O)N2CCCC2C)cc1. The molecule has 2 rings (SSSR count). The fourth-order valence-electron chi connectivity index (χ4n) is 2.76. The van der Waals surface area contributed by atoms with Gasteiger partial charge < -0.3 is 15.5 Å². The summed E-state index contributed by atoms with van der Waals surface area (Å²) in [7, 11) is 0. The Morgan fingerprint density at radius 2 is 2.10 bits per heavy atom. The molecule has 1 fully saturated rings. The maximum Gasteiger partial charge on any atom is 0.322 e. The van der Waals surface area contributed by atoms with Crippen LogP contribution in [0.15, 0.2) is 24.3 Å². The monoisotopic (exact) mass is 289 g/mol. The van der Waals surface area contributed by atoms with Gasteiger partial charge in [-0.15, -0.1) is 0 Å². The summed E-state index contributed by atoms with van der Waals surface area (Å²) < 4.78 is 0. The molecule has 2 atom stereocenters. The average molecular weight is 289 g/mol. The van der Waals surface area contributed by atoms with E-state index in [2.05, 4.69) is 43.5 Å². The lowest BCUT2D eigenvalue weighted by atomic mass is 10.1. The number of urea groups is 1. The van der Waals surface area contributed by atoms with Gasteiger partial charge in [0.1, 0.15) is 0 Å². The minimum absolute atomic E-state index is 0.0184. The number of likely N-dealkylation sites (tertiary alicyclic amines) is 1. The second-order valence-corrected chi connectivity index (χ2v) is 5.91. The van der Waals surface area contributed by atoms with Crippen molar-refractivity contribution in [2.45, 2.75) is 52.1 Å². The smallest absolute Gasteiger partial charge is 0.322 e. The van der Waals surface area contributed by atoms with E-state index in [0.29, 0.717) is 12.1 Å². The highest BCUT2D eigenvalue weighted by molar-refractivity contribution is 5.89. The molecule has 0 bridgehead atoms. The molecular weight excluding hydrogens is 262 g/mol. The van der Waals surface area contributed by atoms with Crippen molar-refractivity contribution >= 4 is 11.7 Å². The summed E-state index contributed by atoms with van der Waals surface area (Å²) in [5.41, 5.74) is 2.11. The minimum Gasteiger partial charge on any atom is -0.322 e. The number of nitrogens with one attached hydrogen (secondary N) is 2. The summed E-state index contributed by atoms with van der Waals surface area (Å²) >= 11 is 0. The lowest BCUT2D eigenvalue weighted by Crippen LogP contribution is -2.37. The van der Waals surface area contributed by atoms with Crippen LogP contribution < -0.4 is 10.6 Å². The molecule has 2 N–H and O–H groups in total. The summed E-state index contributed by atoms with van der Waals surface area (Å²) in [5.74, 6) is 0. The highest BCUT2D eigenvalue weighted by Gasteiger charge is 2.24. The normalized spacial score (nSPS) is 19.6. The molecule has 1 aliphatic rings. The second-order valence-electron chi connectivity index (χ2n) is 5.91. The molecule has 1 aromatic rings. The molecule has 0 aromatic heterocycles. The first-order chi connectivity index (χ1) is 10.1. The average Bonchev–Trinajstić information content (AvgIpc) is 2.91. The summed E-state index contributed by atoms with van der Waals surface area (Å²) in [6, 6.07) is 8.84. The summed E-state index contributed by atoms with van der Waals surface area (Å²) in [6.45, 7) is 8.32. The largest absolute Gasteiger partial charge is 0.322 e. The van der Waals surface area contributed by atoms with Crippen molar-refractivity contribution < 1.29 is 4.79 Å². The predicted octanol–water partition coefficient (Wildman–Crippen LogP) is 3.76. The van der Waals surface area contributed by atoms with Crippen LogP contribution in [0.2, 0.25) is 0 Å². The molecule has 4 nitrogen and oxygen atoms in total. The van der Waals surface area contributed by atoms with Crippen LogP contribution in [0.5, 0.6) is 0 Å². The predicted molar refractivity (Wildman–Crippen MR) is 87.6 cm³/mol. The number of hydrogen-bond acceptors (Lipinski definition) is 2. The van der Waals surface area contributed by atoms with Gasteiger partial charge in [-0.1, -0.05) is 19.1 Å². The highest BCUT2D eigenvalue weighted by atomic mass is 16.2. The van der Waals surface area contributed by atoms with E-state index in [1.165, 1.54) is 5.56 Å². The number of rotatable bonds is 5. The van der Waals surface area contributed by atoms with E-state index < -0.39 is 0 Å². The number of carbonyl (C=O) groups excluding carboxylic acids is 1. The Kier molecular flexibility index (Phi) is 5.62. The van der Waals surface area contributed by atoms with Crippen molar-refractivity contribution in [3.8, 4) is 0 Å². The third-order valence-corrected chi connectivity index (χ3v) is 4.18. The van der Waals surface area contributed by atoms with E-state index in [1.807, 2.05) is 17.0 Å². The van der Waals surface area contributed by atoms with Crippen molar-refractivity contribution in [2.24, 2.45) is 0 Å². The van der Waals surface area contributed by atoms with E-state index in [1.54, 1.807) is 0 Å². The Morgan fingerprint density at radius 1 is 1.38 bits per heavy atom. The Labute approximate surface area is 127 Å². The number of benzene rings is 1. The molecule has 21 heavy (non-hydrogen) atoms. The van der Waals surface area contributed by atoms with Crippen LogP contribution in [0.25, 0.3) is 0 Å².